The molecule has 17 heteroatoms. The van der Waals surface area contributed by atoms with Crippen LogP contribution >= 0.6 is 0 Å². The third-order valence-electron chi connectivity index (χ3n) is 5.50. The Hall–Kier alpha value is -1.62. The lowest BCUT2D eigenvalue weighted by molar-refractivity contribution is -0.343. The molecule has 0 N–H and O–H groups in total. The van der Waals surface area contributed by atoms with Crippen molar-refractivity contribution in [1.29, 1.82) is 0 Å². The van der Waals surface area contributed by atoms with Gasteiger partial charge in [0.1, 0.15) is 0 Å². The molecule has 0 aliphatic heterocycles. The molecule has 0 aliphatic carbocycles. The summed E-state index contributed by atoms with van der Waals surface area (Å²) in [5.41, 5.74) is -12.1. The topological polar surface area (TPSA) is 71.5 Å². The van der Waals surface area contributed by atoms with Gasteiger partial charge in [0.2, 0.25) is 0 Å². The van der Waals surface area contributed by atoms with E-state index in [0.717, 1.165) is 12.1 Å². The van der Waals surface area contributed by atoms with Gasteiger partial charge in [-0.15, -0.1) is 0 Å². The van der Waals surface area contributed by atoms with Crippen LogP contribution in [0.5, 0.6) is 0 Å². The highest BCUT2D eigenvalue weighted by molar-refractivity contribution is 8.04. The maximum Gasteiger partial charge on any atom is 0.512 e. The highest BCUT2D eigenvalue weighted by Crippen LogP contribution is 2.49. The van der Waals surface area contributed by atoms with Gasteiger partial charge >= 0.3 is 33.6 Å². The molecule has 0 radical (unpaired) electrons. The van der Waals surface area contributed by atoms with Gasteiger partial charge in [-0.3, -0.25) is 0 Å². The molecule has 1 aromatic rings. The lowest BCUT2D eigenvalue weighted by Crippen LogP contribution is -2.56. The first kappa shape index (κ1) is 33.4. The maximum atomic E-state index is 14.0. The minimum absolute atomic E-state index is 0.00868. The molecule has 1 aromatic carbocycles. The summed E-state index contributed by atoms with van der Waals surface area (Å²) in [6.45, 7) is 4.81. The summed E-state index contributed by atoms with van der Waals surface area (Å²) in [5, 5.41) is 0. The van der Waals surface area contributed by atoms with Crippen LogP contribution in [0.25, 0.3) is 0 Å². The van der Waals surface area contributed by atoms with Crippen molar-refractivity contribution in [2.75, 3.05) is 6.54 Å². The van der Waals surface area contributed by atoms with Gasteiger partial charge in [-0.2, -0.15) is 39.5 Å². The number of sulfonamides is 2. The normalized spacial score (nSPS) is 15.6. The summed E-state index contributed by atoms with van der Waals surface area (Å²) in [7, 11) is -13.0. The average Bonchev–Trinajstić information content (AvgIpc) is 2.69. The zero-order valence-corrected chi connectivity index (χ0v) is 21.5. The summed E-state index contributed by atoms with van der Waals surface area (Å²) < 4.78 is 178. The zero-order chi connectivity index (χ0) is 29.4. The van der Waals surface area contributed by atoms with E-state index < -0.39 is 65.1 Å². The number of rotatable bonds is 10. The molecule has 0 heterocycles. The second kappa shape index (κ2) is 10.9. The van der Waals surface area contributed by atoms with Gasteiger partial charge in [0.15, 0.2) is 0 Å². The van der Waals surface area contributed by atoms with E-state index in [9.17, 15) is 60.7 Å². The van der Waals surface area contributed by atoms with Crippen molar-refractivity contribution in [2.45, 2.75) is 74.9 Å². The Kier molecular flexibility index (Phi) is 9.81. The van der Waals surface area contributed by atoms with E-state index in [4.69, 9.17) is 0 Å². The highest BCUT2D eigenvalue weighted by Gasteiger charge is 2.72. The average molecular weight is 598 g/mol. The van der Waals surface area contributed by atoms with Crippen molar-refractivity contribution in [3.05, 3.63) is 29.8 Å². The van der Waals surface area contributed by atoms with E-state index in [1.165, 1.54) is 0 Å². The third-order valence-corrected chi connectivity index (χ3v) is 9.57. The van der Waals surface area contributed by atoms with Crippen LogP contribution in [0.2, 0.25) is 0 Å². The fraction of sp³-hybridized carbons (Fsp3) is 0.700. The quantitative estimate of drug-likeness (QED) is 0.288. The van der Waals surface area contributed by atoms with Crippen LogP contribution in [0.4, 0.5) is 43.9 Å². The molecular formula is C20H25F10NO4S2. The minimum Gasteiger partial charge on any atom is -0.224 e. The number of hydrogen-bond donors (Lipinski definition) is 0. The van der Waals surface area contributed by atoms with Gasteiger partial charge in [-0.05, 0) is 41.9 Å². The van der Waals surface area contributed by atoms with E-state index in [1.807, 2.05) is 27.7 Å². The standard InChI is InChI=1S/C20H25F10NO4S2/c1-12(2)11-16(13(3)4)14-5-7-15(8-6-14)36(32,33)31(37(34,35)20(28,29)30)10-9-17(21,18(22,23)24)19(25,26)27/h5-8,12-13,16H,9-11H2,1-4H3. The first-order valence-electron chi connectivity index (χ1n) is 10.6. The number of hydrogen-bond acceptors (Lipinski definition) is 4. The number of benzene rings is 1. The first-order valence-corrected chi connectivity index (χ1v) is 13.4. The molecule has 0 saturated heterocycles. The van der Waals surface area contributed by atoms with Gasteiger partial charge < -0.3 is 0 Å². The van der Waals surface area contributed by atoms with Crippen LogP contribution in [0.15, 0.2) is 29.2 Å². The van der Waals surface area contributed by atoms with Crippen molar-refractivity contribution < 1.29 is 60.7 Å². The van der Waals surface area contributed by atoms with E-state index in [-0.39, 0.29) is 17.8 Å². The lowest BCUT2D eigenvalue weighted by atomic mass is 9.82. The predicted octanol–water partition coefficient (Wildman–Crippen LogP) is 6.54. The van der Waals surface area contributed by atoms with Crippen LogP contribution in [0.3, 0.4) is 0 Å². The van der Waals surface area contributed by atoms with E-state index >= 15 is 0 Å². The van der Waals surface area contributed by atoms with Crippen molar-refractivity contribution in [3.63, 3.8) is 0 Å². The number of halogens is 10. The van der Waals surface area contributed by atoms with E-state index in [2.05, 4.69) is 0 Å². The second-order valence-corrected chi connectivity index (χ2v) is 13.0. The maximum absolute atomic E-state index is 14.0. The van der Waals surface area contributed by atoms with Crippen LogP contribution in [-0.4, -0.2) is 50.6 Å². The third kappa shape index (κ3) is 7.07. The van der Waals surface area contributed by atoms with Gasteiger partial charge in [-0.25, -0.2) is 21.2 Å². The summed E-state index contributed by atoms with van der Waals surface area (Å²) in [6, 6.07) is 3.64. The Labute approximate surface area is 207 Å². The van der Waals surface area contributed by atoms with Crippen molar-refractivity contribution in [1.82, 2.24) is 3.71 Å². The largest absolute Gasteiger partial charge is 0.512 e. The molecule has 0 saturated carbocycles. The van der Waals surface area contributed by atoms with E-state index in [0.29, 0.717) is 24.1 Å². The van der Waals surface area contributed by atoms with Crippen LogP contribution in [0.1, 0.15) is 52.0 Å². The molecule has 0 spiro atoms. The van der Waals surface area contributed by atoms with Gasteiger partial charge in [0.05, 0.1) is 4.90 Å². The molecule has 0 bridgehead atoms. The Morgan fingerprint density at radius 3 is 1.51 bits per heavy atom. The van der Waals surface area contributed by atoms with Crippen molar-refractivity contribution in [3.8, 4) is 0 Å². The molecule has 0 fully saturated rings. The second-order valence-electron chi connectivity index (χ2n) is 9.05. The summed E-state index contributed by atoms with van der Waals surface area (Å²) in [5.74, 6) is 0.0123. The van der Waals surface area contributed by atoms with Gasteiger partial charge in [0.25, 0.3) is 10.0 Å². The Bertz CT molecular complexity index is 1110. The number of nitrogens with zero attached hydrogens (tertiary/aromatic N) is 1. The SMILES string of the molecule is CC(C)CC(c1ccc(S(=O)(=O)N(CCC(F)(C(F)(F)F)C(F)(F)F)S(=O)(=O)C(F)(F)F)cc1)C(C)C. The summed E-state index contributed by atoms with van der Waals surface area (Å²) in [4.78, 5) is -1.17. The highest BCUT2D eigenvalue weighted by atomic mass is 32.3. The summed E-state index contributed by atoms with van der Waals surface area (Å²) in [6.07, 6.45) is -15.9. The molecule has 37 heavy (non-hydrogen) atoms. The van der Waals surface area contributed by atoms with E-state index in [1.54, 1.807) is 0 Å². The Balaban J connectivity index is 3.62. The molecule has 5 nitrogen and oxygen atoms in total. The lowest BCUT2D eigenvalue weighted by Gasteiger charge is -2.32. The molecular weight excluding hydrogens is 572 g/mol. The Morgan fingerprint density at radius 1 is 0.757 bits per heavy atom. The molecule has 1 atom stereocenters. The first-order chi connectivity index (χ1) is 16.3. The minimum atomic E-state index is -7.07. The number of alkyl halides is 10. The Morgan fingerprint density at radius 2 is 1.19 bits per heavy atom. The summed E-state index contributed by atoms with van der Waals surface area (Å²) >= 11 is 0. The van der Waals surface area contributed by atoms with Crippen LogP contribution in [0, 0.1) is 11.8 Å². The van der Waals surface area contributed by atoms with Crippen molar-refractivity contribution in [2.24, 2.45) is 11.8 Å². The molecule has 0 aromatic heterocycles. The molecule has 0 amide bonds. The molecule has 216 valence electrons. The van der Waals surface area contributed by atoms with Gasteiger partial charge in [0, 0.05) is 13.0 Å². The smallest absolute Gasteiger partial charge is 0.224 e. The molecule has 1 rings (SSSR count). The van der Waals surface area contributed by atoms with Gasteiger partial charge in [-0.1, -0.05) is 43.5 Å². The van der Waals surface area contributed by atoms with Crippen LogP contribution in [-0.2, 0) is 20.0 Å². The molecule has 0 aliphatic rings. The molecule has 1 unspecified atom stereocenters. The predicted molar refractivity (Wildman–Crippen MR) is 113 cm³/mol. The zero-order valence-electron chi connectivity index (χ0n) is 19.8. The monoisotopic (exact) mass is 597 g/mol. The fourth-order valence-electron chi connectivity index (χ4n) is 3.48. The fourth-order valence-corrected chi connectivity index (χ4v) is 6.63. The van der Waals surface area contributed by atoms with Crippen LogP contribution < -0.4 is 0 Å². The van der Waals surface area contributed by atoms with Crippen molar-refractivity contribution >= 4 is 20.0 Å².